The molecule has 1 aromatic carbocycles. The zero-order valence-electron chi connectivity index (χ0n) is 11.6. The lowest BCUT2D eigenvalue weighted by molar-refractivity contribution is -0.116. The number of carbonyl (C=O) groups is 1. The van der Waals surface area contributed by atoms with Crippen LogP contribution < -0.4 is 16.4 Å². The number of hydrogen-bond acceptors (Lipinski definition) is 3. The van der Waals surface area contributed by atoms with Gasteiger partial charge in [0.05, 0.1) is 11.4 Å². The van der Waals surface area contributed by atoms with E-state index in [1.54, 1.807) is 6.07 Å². The van der Waals surface area contributed by atoms with E-state index < -0.39 is 0 Å². The first-order valence-electron chi connectivity index (χ1n) is 6.09. The minimum Gasteiger partial charge on any atom is -0.381 e. The van der Waals surface area contributed by atoms with Crippen LogP contribution >= 0.6 is 24.8 Å². The minimum atomic E-state index is -0.335. The molecule has 0 bridgehead atoms. The van der Waals surface area contributed by atoms with E-state index in [0.29, 0.717) is 30.8 Å². The Bertz CT molecular complexity index is 417. The lowest BCUT2D eigenvalue weighted by Gasteiger charge is -2.15. The van der Waals surface area contributed by atoms with E-state index in [1.807, 2.05) is 13.8 Å². The van der Waals surface area contributed by atoms with Crippen molar-refractivity contribution >= 4 is 42.1 Å². The lowest BCUT2D eigenvalue weighted by atomic mass is 10.2. The predicted molar refractivity (Wildman–Crippen MR) is 86.6 cm³/mol. The van der Waals surface area contributed by atoms with Crippen molar-refractivity contribution in [1.82, 2.24) is 0 Å². The second-order valence-corrected chi connectivity index (χ2v) is 4.43. The summed E-state index contributed by atoms with van der Waals surface area (Å²) in [5.41, 5.74) is 6.52. The molecule has 1 aromatic rings. The topological polar surface area (TPSA) is 67.1 Å². The largest absolute Gasteiger partial charge is 0.381 e. The normalized spacial score (nSPS) is 9.45. The first-order chi connectivity index (χ1) is 8.52. The molecule has 1 amide bonds. The summed E-state index contributed by atoms with van der Waals surface area (Å²) in [6.07, 6.45) is 1.01. The number of carbonyl (C=O) groups excluding carboxylic acids is 1. The third kappa shape index (κ3) is 7.53. The summed E-state index contributed by atoms with van der Waals surface area (Å²) in [7, 11) is 0. The average molecular weight is 326 g/mol. The maximum Gasteiger partial charge on any atom is 0.224 e. The fourth-order valence-corrected chi connectivity index (χ4v) is 1.53. The van der Waals surface area contributed by atoms with Gasteiger partial charge in [0, 0.05) is 12.5 Å². The summed E-state index contributed by atoms with van der Waals surface area (Å²) in [5.74, 6) is -0.447. The molecule has 0 aliphatic rings. The summed E-state index contributed by atoms with van der Waals surface area (Å²) in [5, 5.41) is 5.85. The van der Waals surface area contributed by atoms with Gasteiger partial charge in [-0.2, -0.15) is 0 Å². The molecule has 0 heterocycles. The first-order valence-corrected chi connectivity index (χ1v) is 6.09. The number of benzene rings is 1. The van der Waals surface area contributed by atoms with Crippen molar-refractivity contribution in [2.75, 3.05) is 17.2 Å². The molecule has 0 radical (unpaired) electrons. The molecule has 4 N–H and O–H groups in total. The molecular weight excluding hydrogens is 304 g/mol. The Kier molecular flexibility index (Phi) is 11.4. The van der Waals surface area contributed by atoms with E-state index in [4.69, 9.17) is 5.73 Å². The van der Waals surface area contributed by atoms with Crippen LogP contribution in [-0.4, -0.2) is 18.5 Å². The number of anilines is 2. The Morgan fingerprint density at radius 1 is 1.30 bits per heavy atom. The van der Waals surface area contributed by atoms with Gasteiger partial charge in [0.15, 0.2) is 0 Å². The van der Waals surface area contributed by atoms with Crippen molar-refractivity contribution in [3.8, 4) is 0 Å². The fourth-order valence-electron chi connectivity index (χ4n) is 1.53. The van der Waals surface area contributed by atoms with Crippen LogP contribution in [0.1, 0.15) is 26.7 Å². The molecule has 0 spiro atoms. The summed E-state index contributed by atoms with van der Waals surface area (Å²) in [4.78, 5) is 11.6. The second-order valence-electron chi connectivity index (χ2n) is 4.43. The molecule has 1 rings (SSSR count). The van der Waals surface area contributed by atoms with E-state index >= 15 is 0 Å². The molecule has 7 heteroatoms. The van der Waals surface area contributed by atoms with Gasteiger partial charge in [-0.25, -0.2) is 4.39 Å². The minimum absolute atomic E-state index is 0. The average Bonchev–Trinajstić information content (AvgIpc) is 2.29. The highest BCUT2D eigenvalue weighted by Crippen LogP contribution is 2.23. The van der Waals surface area contributed by atoms with Crippen LogP contribution in [0.4, 0.5) is 15.8 Å². The van der Waals surface area contributed by atoms with Gasteiger partial charge in [-0.3, -0.25) is 4.79 Å². The van der Waals surface area contributed by atoms with Gasteiger partial charge in [-0.15, -0.1) is 24.8 Å². The molecule has 20 heavy (non-hydrogen) atoms. The Balaban J connectivity index is 0. The van der Waals surface area contributed by atoms with Crippen LogP contribution in [0.25, 0.3) is 0 Å². The van der Waals surface area contributed by atoms with Crippen molar-refractivity contribution in [2.24, 2.45) is 5.73 Å². The van der Waals surface area contributed by atoms with Gasteiger partial charge in [0.1, 0.15) is 5.82 Å². The quantitative estimate of drug-likeness (QED) is 0.752. The third-order valence-corrected chi connectivity index (χ3v) is 2.31. The van der Waals surface area contributed by atoms with Gasteiger partial charge in [0.2, 0.25) is 5.91 Å². The smallest absolute Gasteiger partial charge is 0.224 e. The Morgan fingerprint density at radius 3 is 2.50 bits per heavy atom. The Morgan fingerprint density at radius 2 is 1.95 bits per heavy atom. The van der Waals surface area contributed by atoms with Gasteiger partial charge in [-0.05, 0) is 45.0 Å². The van der Waals surface area contributed by atoms with Crippen molar-refractivity contribution in [3.05, 3.63) is 24.0 Å². The van der Waals surface area contributed by atoms with Crippen LogP contribution in [-0.2, 0) is 4.79 Å². The van der Waals surface area contributed by atoms with E-state index in [1.165, 1.54) is 12.1 Å². The molecule has 0 atom stereocenters. The zero-order chi connectivity index (χ0) is 13.5. The second kappa shape index (κ2) is 10.7. The molecule has 0 aliphatic carbocycles. The molecule has 116 valence electrons. The van der Waals surface area contributed by atoms with E-state index in [2.05, 4.69) is 10.6 Å². The van der Waals surface area contributed by atoms with Crippen molar-refractivity contribution < 1.29 is 9.18 Å². The van der Waals surface area contributed by atoms with Crippen LogP contribution in [0, 0.1) is 5.82 Å². The molecule has 0 unspecified atom stereocenters. The molecule has 0 saturated carbocycles. The monoisotopic (exact) mass is 325 g/mol. The summed E-state index contributed by atoms with van der Waals surface area (Å²) >= 11 is 0. The molecule has 4 nitrogen and oxygen atoms in total. The number of halogens is 3. The number of rotatable bonds is 6. The van der Waals surface area contributed by atoms with E-state index in [9.17, 15) is 9.18 Å². The Hall–Kier alpha value is -1.04. The van der Waals surface area contributed by atoms with Crippen molar-refractivity contribution in [3.63, 3.8) is 0 Å². The fraction of sp³-hybridized carbons (Fsp3) is 0.462. The molecular formula is C13H22Cl2FN3O. The number of amides is 1. The summed E-state index contributed by atoms with van der Waals surface area (Å²) < 4.78 is 13.2. The molecule has 0 aliphatic heterocycles. The van der Waals surface area contributed by atoms with Crippen molar-refractivity contribution in [1.29, 1.82) is 0 Å². The predicted octanol–water partition coefficient (Wildman–Crippen LogP) is 3.17. The highest BCUT2D eigenvalue weighted by Gasteiger charge is 2.08. The van der Waals surface area contributed by atoms with Crippen LogP contribution in [0.15, 0.2) is 18.2 Å². The first kappa shape index (κ1) is 21.3. The van der Waals surface area contributed by atoms with Crippen molar-refractivity contribution in [2.45, 2.75) is 32.7 Å². The number of hydrogen-bond donors (Lipinski definition) is 3. The number of nitrogens with two attached hydrogens (primary N) is 1. The lowest BCUT2D eigenvalue weighted by Crippen LogP contribution is -2.17. The molecule has 0 aromatic heterocycles. The van der Waals surface area contributed by atoms with Gasteiger partial charge >= 0.3 is 0 Å². The third-order valence-electron chi connectivity index (χ3n) is 2.31. The SMILES string of the molecule is CC(C)Nc1cc(F)ccc1NC(=O)CCCN.Cl.Cl. The summed E-state index contributed by atoms with van der Waals surface area (Å²) in [6, 6.07) is 4.41. The van der Waals surface area contributed by atoms with Crippen LogP contribution in [0.3, 0.4) is 0 Å². The van der Waals surface area contributed by atoms with E-state index in [-0.39, 0.29) is 42.6 Å². The van der Waals surface area contributed by atoms with Gasteiger partial charge < -0.3 is 16.4 Å². The van der Waals surface area contributed by atoms with E-state index in [0.717, 1.165) is 0 Å². The molecule has 0 fully saturated rings. The van der Waals surface area contributed by atoms with Gasteiger partial charge in [-0.1, -0.05) is 0 Å². The standard InChI is InChI=1S/C13H20FN3O.2ClH/c1-9(2)16-12-8-10(14)5-6-11(12)17-13(18)4-3-7-15;;/h5-6,8-9,16H,3-4,7,15H2,1-2H3,(H,17,18);2*1H. The molecule has 0 saturated heterocycles. The van der Waals surface area contributed by atoms with Crippen LogP contribution in [0.5, 0.6) is 0 Å². The highest BCUT2D eigenvalue weighted by atomic mass is 35.5. The summed E-state index contributed by atoms with van der Waals surface area (Å²) in [6.45, 7) is 4.38. The highest BCUT2D eigenvalue weighted by molar-refractivity contribution is 5.94. The Labute approximate surface area is 131 Å². The maximum atomic E-state index is 13.2. The van der Waals surface area contributed by atoms with Gasteiger partial charge in [0.25, 0.3) is 0 Å². The number of nitrogens with one attached hydrogen (secondary N) is 2. The van der Waals surface area contributed by atoms with Crippen LogP contribution in [0.2, 0.25) is 0 Å². The zero-order valence-corrected chi connectivity index (χ0v) is 13.2. The maximum absolute atomic E-state index is 13.2.